The Morgan fingerprint density at radius 3 is 2.61 bits per heavy atom. The number of carboxylic acid groups (broad SMARTS) is 1. The minimum Gasteiger partial charge on any atom is -0.465 e. The van der Waals surface area contributed by atoms with Gasteiger partial charge in [-0.2, -0.15) is 13.2 Å². The maximum atomic E-state index is 12.8. The molecule has 3 amide bonds. The lowest BCUT2D eigenvalue weighted by Crippen LogP contribution is -2.33. The van der Waals surface area contributed by atoms with E-state index >= 15 is 0 Å². The highest BCUT2D eigenvalue weighted by Crippen LogP contribution is 2.30. The lowest BCUT2D eigenvalue weighted by atomic mass is 9.97. The van der Waals surface area contributed by atoms with Gasteiger partial charge in [-0.15, -0.1) is 0 Å². The molecule has 3 aromatic rings. The molecule has 11 heteroatoms. The van der Waals surface area contributed by atoms with E-state index in [-0.39, 0.29) is 12.4 Å². The van der Waals surface area contributed by atoms with Crippen LogP contribution >= 0.6 is 0 Å². The molecule has 3 heterocycles. The number of aromatic nitrogens is 2. The zero-order valence-corrected chi connectivity index (χ0v) is 17.1. The Balaban J connectivity index is 1.55. The van der Waals surface area contributed by atoms with Crippen molar-refractivity contribution in [1.29, 1.82) is 0 Å². The van der Waals surface area contributed by atoms with E-state index < -0.39 is 24.0 Å². The van der Waals surface area contributed by atoms with E-state index in [0.29, 0.717) is 29.6 Å². The van der Waals surface area contributed by atoms with Crippen molar-refractivity contribution in [2.24, 2.45) is 0 Å². The molecule has 170 valence electrons. The predicted molar refractivity (Wildman–Crippen MR) is 116 cm³/mol. The van der Waals surface area contributed by atoms with Crippen LogP contribution < -0.4 is 10.6 Å². The SMILES string of the molecule is O=C(Nc1cccc(C(F)(F)F)n1)Nc1ccnc2ccc(C3=CCN(C(=O)O)CC3)cc12. The Hall–Kier alpha value is -4.15. The molecule has 0 bridgehead atoms. The predicted octanol–water partition coefficient (Wildman–Crippen LogP) is 5.06. The van der Waals surface area contributed by atoms with E-state index in [9.17, 15) is 22.8 Å². The first-order valence-electron chi connectivity index (χ1n) is 9.89. The molecule has 0 atom stereocenters. The molecule has 2 aromatic heterocycles. The minimum absolute atomic E-state index is 0.239. The van der Waals surface area contributed by atoms with Gasteiger partial charge in [0, 0.05) is 24.7 Å². The summed E-state index contributed by atoms with van der Waals surface area (Å²) in [7, 11) is 0. The van der Waals surface area contributed by atoms with Crippen molar-refractivity contribution in [3.8, 4) is 0 Å². The molecule has 1 aliphatic rings. The normalized spacial score (nSPS) is 14.0. The summed E-state index contributed by atoms with van der Waals surface area (Å²) in [5.74, 6) is -0.239. The van der Waals surface area contributed by atoms with Gasteiger partial charge in [-0.25, -0.2) is 14.6 Å². The number of hydrogen-bond acceptors (Lipinski definition) is 4. The summed E-state index contributed by atoms with van der Waals surface area (Å²) in [4.78, 5) is 32.5. The van der Waals surface area contributed by atoms with Gasteiger partial charge in [0.1, 0.15) is 11.5 Å². The molecule has 4 rings (SSSR count). The second-order valence-electron chi connectivity index (χ2n) is 7.28. The second kappa shape index (κ2) is 8.77. The van der Waals surface area contributed by atoms with Gasteiger partial charge in [-0.1, -0.05) is 18.2 Å². The van der Waals surface area contributed by atoms with Crippen LogP contribution in [0.25, 0.3) is 16.5 Å². The van der Waals surface area contributed by atoms with Gasteiger partial charge in [-0.05, 0) is 47.9 Å². The molecule has 0 saturated heterocycles. The van der Waals surface area contributed by atoms with Crippen molar-refractivity contribution in [2.75, 3.05) is 23.7 Å². The maximum absolute atomic E-state index is 12.8. The largest absolute Gasteiger partial charge is 0.465 e. The van der Waals surface area contributed by atoms with Crippen LogP contribution in [0.3, 0.4) is 0 Å². The van der Waals surface area contributed by atoms with Crippen LogP contribution in [-0.4, -0.2) is 45.2 Å². The Morgan fingerprint density at radius 2 is 1.91 bits per heavy atom. The number of nitrogens with one attached hydrogen (secondary N) is 2. The number of nitrogens with zero attached hydrogens (tertiary/aromatic N) is 3. The van der Waals surface area contributed by atoms with Crippen molar-refractivity contribution in [3.63, 3.8) is 0 Å². The number of benzene rings is 1. The number of alkyl halides is 3. The van der Waals surface area contributed by atoms with Crippen LogP contribution in [0.4, 0.5) is 34.3 Å². The average Bonchev–Trinajstić information content (AvgIpc) is 2.78. The summed E-state index contributed by atoms with van der Waals surface area (Å²) >= 11 is 0. The number of carbonyl (C=O) groups is 2. The molecule has 8 nitrogen and oxygen atoms in total. The summed E-state index contributed by atoms with van der Waals surface area (Å²) in [5, 5.41) is 14.7. The highest BCUT2D eigenvalue weighted by Gasteiger charge is 2.32. The second-order valence-corrected chi connectivity index (χ2v) is 7.28. The molecule has 0 fully saturated rings. The van der Waals surface area contributed by atoms with Crippen molar-refractivity contribution >= 4 is 40.1 Å². The van der Waals surface area contributed by atoms with E-state index in [1.807, 2.05) is 18.2 Å². The third kappa shape index (κ3) is 5.03. The number of hydrogen-bond donors (Lipinski definition) is 3. The van der Waals surface area contributed by atoms with E-state index in [4.69, 9.17) is 5.11 Å². The number of rotatable bonds is 3. The van der Waals surface area contributed by atoms with Crippen LogP contribution in [-0.2, 0) is 6.18 Å². The molecule has 1 aromatic carbocycles. The molecule has 0 spiro atoms. The summed E-state index contributed by atoms with van der Waals surface area (Å²) in [5.41, 5.74) is 1.75. The number of pyridine rings is 2. The summed E-state index contributed by atoms with van der Waals surface area (Å²) in [6.07, 6.45) is -1.70. The van der Waals surface area contributed by atoms with E-state index in [1.54, 1.807) is 12.1 Å². The van der Waals surface area contributed by atoms with Gasteiger partial charge in [0.15, 0.2) is 0 Å². The monoisotopic (exact) mass is 457 g/mol. The van der Waals surface area contributed by atoms with Crippen molar-refractivity contribution < 1.29 is 27.9 Å². The number of carbonyl (C=O) groups excluding carboxylic acids is 1. The van der Waals surface area contributed by atoms with Crippen molar-refractivity contribution in [1.82, 2.24) is 14.9 Å². The van der Waals surface area contributed by atoms with Gasteiger partial charge in [0.2, 0.25) is 0 Å². The summed E-state index contributed by atoms with van der Waals surface area (Å²) in [6.45, 7) is 0.664. The number of halogens is 3. The molecule has 0 aliphatic carbocycles. The number of amides is 3. The first-order valence-corrected chi connectivity index (χ1v) is 9.89. The van der Waals surface area contributed by atoms with Gasteiger partial charge < -0.3 is 15.3 Å². The first kappa shape index (κ1) is 22.1. The molecule has 0 unspecified atom stereocenters. The van der Waals surface area contributed by atoms with Gasteiger partial charge in [0.25, 0.3) is 0 Å². The fraction of sp³-hybridized carbons (Fsp3) is 0.182. The minimum atomic E-state index is -4.62. The van der Waals surface area contributed by atoms with Crippen LogP contribution in [0.2, 0.25) is 0 Å². The first-order chi connectivity index (χ1) is 15.7. The molecule has 0 saturated carbocycles. The standard InChI is InChI=1S/C22H18F3N5O3/c23-22(24,25)18-2-1-3-19(28-18)29-20(31)27-17-6-9-26-16-5-4-14(12-15(16)17)13-7-10-30(11-8-13)21(32)33/h1-7,9,12H,8,10-11H2,(H,32,33)(H2,26,27,28,29,31). The fourth-order valence-electron chi connectivity index (χ4n) is 3.49. The van der Waals surface area contributed by atoms with Crippen LogP contribution in [0.5, 0.6) is 0 Å². The van der Waals surface area contributed by atoms with Crippen molar-refractivity contribution in [2.45, 2.75) is 12.6 Å². The van der Waals surface area contributed by atoms with Crippen molar-refractivity contribution in [3.05, 3.63) is 66.0 Å². The Bertz CT molecular complexity index is 1260. The molecular formula is C22H18F3N5O3. The lowest BCUT2D eigenvalue weighted by molar-refractivity contribution is -0.141. The lowest BCUT2D eigenvalue weighted by Gasteiger charge is -2.24. The average molecular weight is 457 g/mol. The van der Waals surface area contributed by atoms with E-state index in [0.717, 1.165) is 23.3 Å². The highest BCUT2D eigenvalue weighted by molar-refractivity contribution is 6.05. The molecule has 0 radical (unpaired) electrons. The third-order valence-electron chi connectivity index (χ3n) is 5.12. The van der Waals surface area contributed by atoms with Crippen LogP contribution in [0, 0.1) is 0 Å². The van der Waals surface area contributed by atoms with Gasteiger partial charge in [-0.3, -0.25) is 10.3 Å². The number of fused-ring (bicyclic) bond motifs is 1. The Labute approximate surface area is 185 Å². The fourth-order valence-corrected chi connectivity index (χ4v) is 3.49. The Morgan fingerprint density at radius 1 is 1.09 bits per heavy atom. The number of urea groups is 1. The highest BCUT2D eigenvalue weighted by atomic mass is 19.4. The smallest absolute Gasteiger partial charge is 0.433 e. The van der Waals surface area contributed by atoms with E-state index in [2.05, 4.69) is 20.6 Å². The molecule has 33 heavy (non-hydrogen) atoms. The zero-order chi connectivity index (χ0) is 23.6. The summed E-state index contributed by atoms with van der Waals surface area (Å²) < 4.78 is 38.5. The molecule has 1 aliphatic heterocycles. The molecule has 3 N–H and O–H groups in total. The van der Waals surface area contributed by atoms with Crippen LogP contribution in [0.15, 0.2) is 54.7 Å². The molecular weight excluding hydrogens is 439 g/mol. The van der Waals surface area contributed by atoms with Crippen LogP contribution in [0.1, 0.15) is 17.7 Å². The van der Waals surface area contributed by atoms with E-state index in [1.165, 1.54) is 17.2 Å². The summed E-state index contributed by atoms with van der Waals surface area (Å²) in [6, 6.07) is 9.54. The van der Waals surface area contributed by atoms with Gasteiger partial charge in [0.05, 0.1) is 11.2 Å². The van der Waals surface area contributed by atoms with Gasteiger partial charge >= 0.3 is 18.3 Å². The quantitative estimate of drug-likeness (QED) is 0.510. The number of anilines is 2. The maximum Gasteiger partial charge on any atom is 0.433 e. The third-order valence-corrected chi connectivity index (χ3v) is 5.12. The zero-order valence-electron chi connectivity index (χ0n) is 17.1. The Kier molecular flexibility index (Phi) is 5.86. The topological polar surface area (TPSA) is 107 Å².